The number of amides is 1. The second-order valence-electron chi connectivity index (χ2n) is 5.63. The number of piperidine rings is 1. The van der Waals surface area contributed by atoms with E-state index in [0.717, 1.165) is 12.8 Å². The summed E-state index contributed by atoms with van der Waals surface area (Å²) in [6, 6.07) is 9.19. The lowest BCUT2D eigenvalue weighted by Crippen LogP contribution is -2.41. The lowest BCUT2D eigenvalue weighted by atomic mass is 9.88. The van der Waals surface area contributed by atoms with Gasteiger partial charge < -0.3 is 14.4 Å². The number of benzene rings is 1. The summed E-state index contributed by atoms with van der Waals surface area (Å²) in [7, 11) is 0. The standard InChI is InChI=1S/C17H18FNO3/c18-14-7-5-12(6-8-14)16(20)13-3-1-9-19(11-13)17(21)15-4-2-10-22-15/h2,4-8,10,13,16,20H,1,3,9,11H2/t13-,16+/m1/s1. The molecule has 116 valence electrons. The quantitative estimate of drug-likeness (QED) is 0.948. The van der Waals surface area contributed by atoms with Crippen molar-refractivity contribution in [2.24, 2.45) is 5.92 Å². The molecule has 4 nitrogen and oxygen atoms in total. The van der Waals surface area contributed by atoms with E-state index >= 15 is 0 Å². The first-order valence-corrected chi connectivity index (χ1v) is 7.41. The Bertz CT molecular complexity index is 624. The summed E-state index contributed by atoms with van der Waals surface area (Å²) in [6.07, 6.45) is 2.44. The Labute approximate surface area is 128 Å². The molecule has 1 N–H and O–H groups in total. The highest BCUT2D eigenvalue weighted by atomic mass is 19.1. The molecule has 0 saturated carbocycles. The highest BCUT2D eigenvalue weighted by molar-refractivity contribution is 5.91. The Balaban J connectivity index is 1.70. The number of furan rings is 1. The number of hydrogen-bond acceptors (Lipinski definition) is 3. The van der Waals surface area contributed by atoms with Crippen LogP contribution in [0.2, 0.25) is 0 Å². The molecule has 1 aliphatic rings. The van der Waals surface area contributed by atoms with E-state index < -0.39 is 6.10 Å². The van der Waals surface area contributed by atoms with Crippen LogP contribution in [-0.2, 0) is 0 Å². The molecular formula is C17H18FNO3. The molecule has 0 radical (unpaired) electrons. The van der Waals surface area contributed by atoms with Crippen LogP contribution < -0.4 is 0 Å². The molecule has 3 rings (SSSR count). The number of carbonyl (C=O) groups is 1. The Morgan fingerprint density at radius 2 is 2.09 bits per heavy atom. The zero-order valence-corrected chi connectivity index (χ0v) is 12.1. The SMILES string of the molecule is O=C(c1ccco1)N1CCC[C@@H]([C@@H](O)c2ccc(F)cc2)C1. The van der Waals surface area contributed by atoms with Gasteiger partial charge in [0, 0.05) is 19.0 Å². The largest absolute Gasteiger partial charge is 0.459 e. The van der Waals surface area contributed by atoms with Gasteiger partial charge in [-0.15, -0.1) is 0 Å². The van der Waals surface area contributed by atoms with E-state index in [0.29, 0.717) is 24.4 Å². The Morgan fingerprint density at radius 1 is 1.32 bits per heavy atom. The van der Waals surface area contributed by atoms with Gasteiger partial charge >= 0.3 is 0 Å². The van der Waals surface area contributed by atoms with Gasteiger partial charge in [0.15, 0.2) is 5.76 Å². The van der Waals surface area contributed by atoms with Gasteiger partial charge in [0.05, 0.1) is 12.4 Å². The number of aliphatic hydroxyl groups is 1. The number of carbonyl (C=O) groups excluding carboxylic acids is 1. The van der Waals surface area contributed by atoms with Crippen molar-refractivity contribution < 1.29 is 18.7 Å². The zero-order valence-electron chi connectivity index (χ0n) is 12.1. The summed E-state index contributed by atoms with van der Waals surface area (Å²) in [5, 5.41) is 10.5. The highest BCUT2D eigenvalue weighted by Gasteiger charge is 2.30. The summed E-state index contributed by atoms with van der Waals surface area (Å²) in [4.78, 5) is 14.0. The minimum Gasteiger partial charge on any atom is -0.459 e. The summed E-state index contributed by atoms with van der Waals surface area (Å²) in [6.45, 7) is 1.13. The predicted octanol–water partition coefficient (Wildman–Crippen LogP) is 3.00. The minimum absolute atomic E-state index is 0.0573. The van der Waals surface area contributed by atoms with E-state index in [1.807, 2.05) is 0 Å². The number of halogens is 1. The van der Waals surface area contributed by atoms with Gasteiger partial charge in [0.1, 0.15) is 5.82 Å². The molecule has 1 aromatic carbocycles. The Morgan fingerprint density at radius 3 is 2.77 bits per heavy atom. The van der Waals surface area contributed by atoms with Gasteiger partial charge in [-0.3, -0.25) is 4.79 Å². The molecule has 1 saturated heterocycles. The molecular weight excluding hydrogens is 285 g/mol. The molecule has 1 fully saturated rings. The summed E-state index contributed by atoms with van der Waals surface area (Å²) in [5.41, 5.74) is 0.679. The first-order valence-electron chi connectivity index (χ1n) is 7.41. The molecule has 0 unspecified atom stereocenters. The molecule has 2 atom stereocenters. The van der Waals surface area contributed by atoms with Crippen LogP contribution in [0.4, 0.5) is 4.39 Å². The van der Waals surface area contributed by atoms with Gasteiger partial charge in [0.25, 0.3) is 5.91 Å². The fourth-order valence-corrected chi connectivity index (χ4v) is 2.94. The molecule has 1 aromatic heterocycles. The van der Waals surface area contributed by atoms with Gasteiger partial charge in [0.2, 0.25) is 0 Å². The van der Waals surface area contributed by atoms with Gasteiger partial charge in [-0.1, -0.05) is 12.1 Å². The highest BCUT2D eigenvalue weighted by Crippen LogP contribution is 2.30. The van der Waals surface area contributed by atoms with Crippen molar-refractivity contribution in [3.8, 4) is 0 Å². The molecule has 22 heavy (non-hydrogen) atoms. The van der Waals surface area contributed by atoms with Crippen LogP contribution in [0.1, 0.15) is 35.1 Å². The predicted molar refractivity (Wildman–Crippen MR) is 78.7 cm³/mol. The van der Waals surface area contributed by atoms with Gasteiger partial charge in [-0.2, -0.15) is 0 Å². The third-order valence-corrected chi connectivity index (χ3v) is 4.14. The van der Waals surface area contributed by atoms with Crippen molar-refractivity contribution in [1.29, 1.82) is 0 Å². The minimum atomic E-state index is -0.701. The maximum Gasteiger partial charge on any atom is 0.289 e. The third-order valence-electron chi connectivity index (χ3n) is 4.14. The van der Waals surface area contributed by atoms with E-state index in [1.165, 1.54) is 18.4 Å². The van der Waals surface area contributed by atoms with Crippen molar-refractivity contribution in [2.45, 2.75) is 18.9 Å². The average molecular weight is 303 g/mol. The van der Waals surface area contributed by atoms with E-state index in [2.05, 4.69) is 0 Å². The van der Waals surface area contributed by atoms with Gasteiger partial charge in [-0.05, 0) is 42.7 Å². The first kappa shape index (κ1) is 14.8. The van der Waals surface area contributed by atoms with E-state index in [-0.39, 0.29) is 17.6 Å². The van der Waals surface area contributed by atoms with E-state index in [9.17, 15) is 14.3 Å². The third kappa shape index (κ3) is 3.04. The molecule has 1 aliphatic heterocycles. The average Bonchev–Trinajstić information content (AvgIpc) is 3.09. The number of likely N-dealkylation sites (tertiary alicyclic amines) is 1. The Kier molecular flexibility index (Phi) is 4.24. The fraction of sp³-hybridized carbons (Fsp3) is 0.353. The fourth-order valence-electron chi connectivity index (χ4n) is 2.94. The first-order chi connectivity index (χ1) is 10.6. The van der Waals surface area contributed by atoms with Crippen molar-refractivity contribution in [1.82, 2.24) is 4.90 Å². The molecule has 2 heterocycles. The molecule has 0 aliphatic carbocycles. The molecule has 2 aromatic rings. The van der Waals surface area contributed by atoms with Crippen molar-refractivity contribution >= 4 is 5.91 Å². The number of aliphatic hydroxyl groups excluding tert-OH is 1. The van der Waals surface area contributed by atoms with Crippen LogP contribution in [-0.4, -0.2) is 29.0 Å². The van der Waals surface area contributed by atoms with Crippen LogP contribution in [0, 0.1) is 11.7 Å². The summed E-state index contributed by atoms with van der Waals surface area (Å²) in [5.74, 6) is -0.217. The second-order valence-corrected chi connectivity index (χ2v) is 5.63. The second kappa shape index (κ2) is 6.32. The smallest absolute Gasteiger partial charge is 0.289 e. The van der Waals surface area contributed by atoms with Crippen molar-refractivity contribution in [2.75, 3.05) is 13.1 Å². The lowest BCUT2D eigenvalue weighted by Gasteiger charge is -2.34. The summed E-state index contributed by atoms with van der Waals surface area (Å²) < 4.78 is 18.1. The van der Waals surface area contributed by atoms with Crippen LogP contribution in [0.5, 0.6) is 0 Å². The topological polar surface area (TPSA) is 53.7 Å². The maximum absolute atomic E-state index is 13.0. The lowest BCUT2D eigenvalue weighted by molar-refractivity contribution is 0.0381. The van der Waals surface area contributed by atoms with Crippen molar-refractivity contribution in [3.05, 3.63) is 59.8 Å². The normalized spacial score (nSPS) is 19.9. The zero-order chi connectivity index (χ0) is 15.5. The number of nitrogens with zero attached hydrogens (tertiary/aromatic N) is 1. The van der Waals surface area contributed by atoms with Crippen LogP contribution in [0.25, 0.3) is 0 Å². The molecule has 5 heteroatoms. The van der Waals surface area contributed by atoms with Crippen LogP contribution >= 0.6 is 0 Å². The maximum atomic E-state index is 13.0. The van der Waals surface area contributed by atoms with E-state index in [1.54, 1.807) is 29.2 Å². The van der Waals surface area contributed by atoms with Crippen molar-refractivity contribution in [3.63, 3.8) is 0 Å². The summed E-state index contributed by atoms with van der Waals surface area (Å²) >= 11 is 0. The monoisotopic (exact) mass is 303 g/mol. The molecule has 1 amide bonds. The van der Waals surface area contributed by atoms with Crippen LogP contribution in [0.3, 0.4) is 0 Å². The number of hydrogen-bond donors (Lipinski definition) is 1. The number of rotatable bonds is 3. The van der Waals surface area contributed by atoms with Crippen LogP contribution in [0.15, 0.2) is 47.1 Å². The molecule has 0 spiro atoms. The van der Waals surface area contributed by atoms with E-state index in [4.69, 9.17) is 4.42 Å². The Hall–Kier alpha value is -2.14. The van der Waals surface area contributed by atoms with Gasteiger partial charge in [-0.25, -0.2) is 4.39 Å². The molecule has 0 bridgehead atoms.